The molecule has 2 saturated heterocycles. The molecule has 124 valence electrons. The zero-order valence-corrected chi connectivity index (χ0v) is 14.1. The van der Waals surface area contributed by atoms with Crippen LogP contribution in [0.4, 0.5) is 5.69 Å². The van der Waals surface area contributed by atoms with Crippen LogP contribution in [0.5, 0.6) is 0 Å². The van der Waals surface area contributed by atoms with E-state index in [0.717, 1.165) is 31.7 Å². The van der Waals surface area contributed by atoms with Gasteiger partial charge in [-0.05, 0) is 50.9 Å². The SMILES string of the molecule is CN1CC[C@@H]2CC[C@H](C1)N2CCC(=O)N1CCc2ccccc21. The summed E-state index contributed by atoms with van der Waals surface area (Å²) in [6.45, 7) is 4.15. The fraction of sp³-hybridized carbons (Fsp3) is 0.632. The van der Waals surface area contributed by atoms with Gasteiger partial charge in [0.25, 0.3) is 0 Å². The summed E-state index contributed by atoms with van der Waals surface area (Å²) < 4.78 is 0. The third-order valence-electron chi connectivity index (χ3n) is 5.91. The first-order valence-electron chi connectivity index (χ1n) is 9.05. The summed E-state index contributed by atoms with van der Waals surface area (Å²) in [5, 5.41) is 0. The first-order chi connectivity index (χ1) is 11.2. The fourth-order valence-electron chi connectivity index (χ4n) is 4.66. The number of likely N-dealkylation sites (N-methyl/N-ethyl adjacent to an activating group) is 1. The average molecular weight is 313 g/mol. The summed E-state index contributed by atoms with van der Waals surface area (Å²) >= 11 is 0. The van der Waals surface area contributed by atoms with E-state index in [1.54, 1.807) is 0 Å². The van der Waals surface area contributed by atoms with Crippen molar-refractivity contribution in [2.24, 2.45) is 0 Å². The highest BCUT2D eigenvalue weighted by Gasteiger charge is 2.36. The van der Waals surface area contributed by atoms with Gasteiger partial charge in [0, 0.05) is 43.8 Å². The van der Waals surface area contributed by atoms with E-state index in [2.05, 4.69) is 35.0 Å². The Hall–Kier alpha value is -1.39. The van der Waals surface area contributed by atoms with Crippen LogP contribution in [0.3, 0.4) is 0 Å². The Morgan fingerprint density at radius 3 is 2.87 bits per heavy atom. The van der Waals surface area contributed by atoms with Gasteiger partial charge in [0.15, 0.2) is 0 Å². The topological polar surface area (TPSA) is 26.8 Å². The zero-order valence-electron chi connectivity index (χ0n) is 14.1. The minimum atomic E-state index is 0.298. The minimum absolute atomic E-state index is 0.298. The third kappa shape index (κ3) is 2.90. The van der Waals surface area contributed by atoms with Crippen molar-refractivity contribution in [2.45, 2.75) is 44.2 Å². The Morgan fingerprint density at radius 2 is 1.96 bits per heavy atom. The molecule has 4 heteroatoms. The number of hydrogen-bond acceptors (Lipinski definition) is 3. The summed E-state index contributed by atoms with van der Waals surface area (Å²) in [6, 6.07) is 9.70. The molecule has 0 unspecified atom stereocenters. The number of carbonyl (C=O) groups excluding carboxylic acids is 1. The molecule has 3 aliphatic heterocycles. The number of amides is 1. The molecule has 2 fully saturated rings. The summed E-state index contributed by atoms with van der Waals surface area (Å²) in [5.74, 6) is 0.298. The summed E-state index contributed by atoms with van der Waals surface area (Å²) in [6.07, 6.45) is 5.54. The molecule has 0 radical (unpaired) electrons. The molecular formula is C19H27N3O. The Bertz CT molecular complexity index is 588. The van der Waals surface area contributed by atoms with E-state index in [0.29, 0.717) is 24.4 Å². The maximum Gasteiger partial charge on any atom is 0.228 e. The molecule has 3 heterocycles. The number of hydrogen-bond donors (Lipinski definition) is 0. The van der Waals surface area contributed by atoms with Crippen LogP contribution >= 0.6 is 0 Å². The monoisotopic (exact) mass is 313 g/mol. The number of carbonyl (C=O) groups is 1. The second-order valence-electron chi connectivity index (χ2n) is 7.35. The van der Waals surface area contributed by atoms with Gasteiger partial charge in [-0.15, -0.1) is 0 Å². The van der Waals surface area contributed by atoms with Crippen LogP contribution in [0.25, 0.3) is 0 Å². The van der Waals surface area contributed by atoms with E-state index in [1.807, 2.05) is 11.0 Å². The van der Waals surface area contributed by atoms with Crippen molar-refractivity contribution >= 4 is 11.6 Å². The Morgan fingerprint density at radius 1 is 1.13 bits per heavy atom. The number of nitrogens with zero attached hydrogens (tertiary/aromatic N) is 3. The standard InChI is InChI=1S/C19H27N3O/c1-20-11-9-16-6-7-17(14-20)21(16)13-10-19(23)22-12-8-15-4-2-3-5-18(15)22/h2-5,16-17H,6-14H2,1H3/t16-,17+/m0/s1. The van der Waals surface area contributed by atoms with Gasteiger partial charge in [0.1, 0.15) is 0 Å². The van der Waals surface area contributed by atoms with E-state index >= 15 is 0 Å². The lowest BCUT2D eigenvalue weighted by molar-refractivity contribution is -0.119. The molecular weight excluding hydrogens is 286 g/mol. The van der Waals surface area contributed by atoms with Crippen LogP contribution in [0.2, 0.25) is 0 Å². The zero-order chi connectivity index (χ0) is 15.8. The molecule has 23 heavy (non-hydrogen) atoms. The lowest BCUT2D eigenvalue weighted by Gasteiger charge is -2.28. The smallest absolute Gasteiger partial charge is 0.228 e. The first kappa shape index (κ1) is 15.2. The maximum atomic E-state index is 12.7. The highest BCUT2D eigenvalue weighted by Crippen LogP contribution is 2.31. The van der Waals surface area contributed by atoms with Crippen LogP contribution in [-0.2, 0) is 11.2 Å². The predicted octanol–water partition coefficient (Wildman–Crippen LogP) is 2.13. The molecule has 2 bridgehead atoms. The van der Waals surface area contributed by atoms with Gasteiger partial charge < -0.3 is 9.80 Å². The van der Waals surface area contributed by atoms with E-state index < -0.39 is 0 Å². The van der Waals surface area contributed by atoms with Crippen LogP contribution < -0.4 is 4.90 Å². The molecule has 1 aromatic rings. The maximum absolute atomic E-state index is 12.7. The normalized spacial score (nSPS) is 28.0. The number of para-hydroxylation sites is 1. The molecule has 4 rings (SSSR count). The van der Waals surface area contributed by atoms with Crippen LogP contribution in [0, 0.1) is 0 Å². The molecule has 0 saturated carbocycles. The second-order valence-corrected chi connectivity index (χ2v) is 7.35. The van der Waals surface area contributed by atoms with Gasteiger partial charge in [0.05, 0.1) is 0 Å². The van der Waals surface area contributed by atoms with Gasteiger partial charge in [-0.2, -0.15) is 0 Å². The Kier molecular flexibility index (Phi) is 4.12. The van der Waals surface area contributed by atoms with Crippen molar-refractivity contribution in [3.05, 3.63) is 29.8 Å². The molecule has 2 atom stereocenters. The second kappa shape index (κ2) is 6.25. The predicted molar refractivity (Wildman–Crippen MR) is 92.7 cm³/mol. The number of rotatable bonds is 3. The van der Waals surface area contributed by atoms with Crippen molar-refractivity contribution in [1.82, 2.24) is 9.80 Å². The van der Waals surface area contributed by atoms with Gasteiger partial charge in [0.2, 0.25) is 5.91 Å². The van der Waals surface area contributed by atoms with E-state index in [4.69, 9.17) is 0 Å². The van der Waals surface area contributed by atoms with E-state index in [1.165, 1.54) is 31.4 Å². The summed E-state index contributed by atoms with van der Waals surface area (Å²) in [4.78, 5) is 19.8. The lowest BCUT2D eigenvalue weighted by Crippen LogP contribution is -2.41. The largest absolute Gasteiger partial charge is 0.312 e. The molecule has 1 amide bonds. The fourth-order valence-corrected chi connectivity index (χ4v) is 4.66. The molecule has 0 aliphatic carbocycles. The summed E-state index contributed by atoms with van der Waals surface area (Å²) in [5.41, 5.74) is 2.45. The van der Waals surface area contributed by atoms with E-state index in [9.17, 15) is 4.79 Å². The Balaban J connectivity index is 1.39. The lowest BCUT2D eigenvalue weighted by atomic mass is 10.1. The van der Waals surface area contributed by atoms with Crippen molar-refractivity contribution in [2.75, 3.05) is 38.1 Å². The van der Waals surface area contributed by atoms with Crippen molar-refractivity contribution in [3.63, 3.8) is 0 Å². The van der Waals surface area contributed by atoms with Crippen molar-refractivity contribution in [1.29, 1.82) is 0 Å². The van der Waals surface area contributed by atoms with Gasteiger partial charge in [-0.25, -0.2) is 0 Å². The highest BCUT2D eigenvalue weighted by atomic mass is 16.2. The molecule has 4 nitrogen and oxygen atoms in total. The van der Waals surface area contributed by atoms with Crippen molar-refractivity contribution < 1.29 is 4.79 Å². The number of likely N-dealkylation sites (tertiary alicyclic amines) is 1. The number of fused-ring (bicyclic) bond motifs is 3. The summed E-state index contributed by atoms with van der Waals surface area (Å²) in [7, 11) is 2.23. The molecule has 1 aromatic carbocycles. The highest BCUT2D eigenvalue weighted by molar-refractivity contribution is 5.95. The van der Waals surface area contributed by atoms with Gasteiger partial charge in [-0.1, -0.05) is 18.2 Å². The molecule has 0 N–H and O–H groups in total. The van der Waals surface area contributed by atoms with Gasteiger partial charge >= 0.3 is 0 Å². The molecule has 0 aromatic heterocycles. The number of anilines is 1. The minimum Gasteiger partial charge on any atom is -0.312 e. The van der Waals surface area contributed by atoms with Crippen molar-refractivity contribution in [3.8, 4) is 0 Å². The van der Waals surface area contributed by atoms with Crippen LogP contribution in [0.1, 0.15) is 31.2 Å². The first-order valence-corrected chi connectivity index (χ1v) is 9.05. The van der Waals surface area contributed by atoms with E-state index in [-0.39, 0.29) is 0 Å². The van der Waals surface area contributed by atoms with Crippen LogP contribution in [0.15, 0.2) is 24.3 Å². The molecule has 3 aliphatic rings. The van der Waals surface area contributed by atoms with Crippen LogP contribution in [-0.4, -0.2) is 61.0 Å². The quantitative estimate of drug-likeness (QED) is 0.855. The Labute approximate surface area is 139 Å². The number of benzene rings is 1. The van der Waals surface area contributed by atoms with Gasteiger partial charge in [-0.3, -0.25) is 9.69 Å². The average Bonchev–Trinajstić information content (AvgIpc) is 3.09. The third-order valence-corrected chi connectivity index (χ3v) is 5.91. The molecule has 0 spiro atoms.